The molecule has 1 heterocycles. The van der Waals surface area contributed by atoms with Gasteiger partial charge in [0, 0.05) is 12.6 Å². The van der Waals surface area contributed by atoms with E-state index in [2.05, 4.69) is 15.3 Å². The van der Waals surface area contributed by atoms with Gasteiger partial charge in [-0.2, -0.15) is 18.2 Å². The van der Waals surface area contributed by atoms with E-state index in [0.29, 0.717) is 12.5 Å². The summed E-state index contributed by atoms with van der Waals surface area (Å²) in [5, 5.41) is 12.3. The molecule has 0 spiro atoms. The molecule has 1 aliphatic carbocycles. The fraction of sp³-hybridized carbons (Fsp3) is 0.667. The van der Waals surface area contributed by atoms with Crippen LogP contribution >= 0.6 is 0 Å². The summed E-state index contributed by atoms with van der Waals surface area (Å²) in [6.45, 7) is 0.514. The molecule has 5 nitrogen and oxygen atoms in total. The molecule has 1 aliphatic rings. The van der Waals surface area contributed by atoms with Crippen molar-refractivity contribution in [3.63, 3.8) is 0 Å². The molecular formula is C12H17F3N4O. The number of hydrogen-bond acceptors (Lipinski definition) is 5. The zero-order valence-electron chi connectivity index (χ0n) is 10.8. The molecule has 1 aromatic rings. The van der Waals surface area contributed by atoms with Gasteiger partial charge in [-0.15, -0.1) is 0 Å². The van der Waals surface area contributed by atoms with Gasteiger partial charge in [-0.1, -0.05) is 0 Å². The number of nitrogens with zero attached hydrogens (tertiary/aromatic N) is 2. The highest BCUT2D eigenvalue weighted by Gasteiger charge is 2.33. The topological polar surface area (TPSA) is 84.1 Å². The van der Waals surface area contributed by atoms with E-state index < -0.39 is 17.8 Å². The van der Waals surface area contributed by atoms with Gasteiger partial charge in [-0.25, -0.2) is 4.98 Å². The Morgan fingerprint density at radius 2 is 1.90 bits per heavy atom. The highest BCUT2D eigenvalue weighted by Crippen LogP contribution is 2.29. The van der Waals surface area contributed by atoms with E-state index in [1.807, 2.05) is 0 Å². The molecule has 4 N–H and O–H groups in total. The fourth-order valence-corrected chi connectivity index (χ4v) is 2.30. The first-order valence-electron chi connectivity index (χ1n) is 6.48. The average Bonchev–Trinajstić information content (AvgIpc) is 2.36. The minimum absolute atomic E-state index is 0.0796. The second kappa shape index (κ2) is 5.82. The Morgan fingerprint density at radius 1 is 1.25 bits per heavy atom. The number of nitrogens with one attached hydrogen (secondary N) is 1. The van der Waals surface area contributed by atoms with E-state index in [0.717, 1.165) is 31.7 Å². The number of aliphatic hydroxyl groups excluding tert-OH is 1. The number of aliphatic hydroxyl groups is 1. The largest absolute Gasteiger partial charge is 0.433 e. The van der Waals surface area contributed by atoms with Crippen LogP contribution in [0.1, 0.15) is 31.4 Å². The molecule has 0 bridgehead atoms. The zero-order valence-corrected chi connectivity index (χ0v) is 10.8. The van der Waals surface area contributed by atoms with Crippen LogP contribution < -0.4 is 11.1 Å². The van der Waals surface area contributed by atoms with Gasteiger partial charge in [0.1, 0.15) is 5.82 Å². The maximum Gasteiger partial charge on any atom is 0.433 e. The van der Waals surface area contributed by atoms with Crippen LogP contribution in [0.25, 0.3) is 0 Å². The molecule has 112 valence electrons. The summed E-state index contributed by atoms with van der Waals surface area (Å²) in [7, 11) is 0. The van der Waals surface area contributed by atoms with Crippen molar-refractivity contribution in [3.05, 3.63) is 11.8 Å². The van der Waals surface area contributed by atoms with E-state index in [-0.39, 0.29) is 11.9 Å². The van der Waals surface area contributed by atoms with Crippen molar-refractivity contribution >= 4 is 11.8 Å². The number of aromatic nitrogens is 2. The van der Waals surface area contributed by atoms with Crippen LogP contribution in [0.5, 0.6) is 0 Å². The van der Waals surface area contributed by atoms with Crippen molar-refractivity contribution in [3.8, 4) is 0 Å². The molecule has 1 fully saturated rings. The Bertz CT molecular complexity index is 459. The summed E-state index contributed by atoms with van der Waals surface area (Å²) in [6, 6.07) is 0.855. The zero-order chi connectivity index (χ0) is 14.8. The fourth-order valence-electron chi connectivity index (χ4n) is 2.30. The number of anilines is 2. The molecule has 1 saturated carbocycles. The molecule has 0 unspecified atom stereocenters. The van der Waals surface area contributed by atoms with Crippen molar-refractivity contribution in [1.29, 1.82) is 0 Å². The summed E-state index contributed by atoms with van der Waals surface area (Å²) in [5.41, 5.74) is 4.24. The number of hydrogen-bond donors (Lipinski definition) is 3. The van der Waals surface area contributed by atoms with Crippen molar-refractivity contribution in [2.24, 2.45) is 5.92 Å². The van der Waals surface area contributed by atoms with Gasteiger partial charge in [0.05, 0.1) is 6.10 Å². The minimum atomic E-state index is -4.54. The third kappa shape index (κ3) is 3.96. The van der Waals surface area contributed by atoms with Crippen LogP contribution in [0, 0.1) is 5.92 Å². The minimum Gasteiger partial charge on any atom is -0.393 e. The van der Waals surface area contributed by atoms with E-state index >= 15 is 0 Å². The average molecular weight is 290 g/mol. The summed E-state index contributed by atoms with van der Waals surface area (Å²) in [6.07, 6.45) is -1.64. The van der Waals surface area contributed by atoms with E-state index in [9.17, 15) is 18.3 Å². The van der Waals surface area contributed by atoms with E-state index in [1.165, 1.54) is 0 Å². The second-order valence-corrected chi connectivity index (χ2v) is 5.05. The summed E-state index contributed by atoms with van der Waals surface area (Å²) in [4.78, 5) is 6.93. The molecule has 1 aromatic heterocycles. The van der Waals surface area contributed by atoms with Crippen LogP contribution in [-0.4, -0.2) is 27.7 Å². The highest BCUT2D eigenvalue weighted by molar-refractivity contribution is 5.41. The maximum absolute atomic E-state index is 12.6. The summed E-state index contributed by atoms with van der Waals surface area (Å²) >= 11 is 0. The Labute approximate surface area is 114 Å². The highest BCUT2D eigenvalue weighted by atomic mass is 19.4. The van der Waals surface area contributed by atoms with Crippen molar-refractivity contribution in [2.75, 3.05) is 17.6 Å². The number of alkyl halides is 3. The third-order valence-electron chi connectivity index (χ3n) is 3.42. The number of rotatable bonds is 3. The Balaban J connectivity index is 1.97. The van der Waals surface area contributed by atoms with E-state index in [1.54, 1.807) is 0 Å². The second-order valence-electron chi connectivity index (χ2n) is 5.05. The number of nitrogens with two attached hydrogens (primary N) is 1. The summed E-state index contributed by atoms with van der Waals surface area (Å²) < 4.78 is 37.8. The maximum atomic E-state index is 12.6. The van der Waals surface area contributed by atoms with Gasteiger partial charge in [0.2, 0.25) is 5.95 Å². The predicted octanol–water partition coefficient (Wildman–Crippen LogP) is 2.04. The molecule has 20 heavy (non-hydrogen) atoms. The van der Waals surface area contributed by atoms with Crippen LogP contribution in [-0.2, 0) is 6.18 Å². The lowest BCUT2D eigenvalue weighted by molar-refractivity contribution is -0.141. The van der Waals surface area contributed by atoms with E-state index in [4.69, 9.17) is 5.73 Å². The molecule has 0 aromatic carbocycles. The van der Waals surface area contributed by atoms with Crippen molar-refractivity contribution in [2.45, 2.75) is 38.0 Å². The first kappa shape index (κ1) is 14.8. The molecular weight excluding hydrogens is 273 g/mol. The van der Waals surface area contributed by atoms with Crippen LogP contribution in [0.4, 0.5) is 24.9 Å². The SMILES string of the molecule is Nc1nc(NCC2CCC(O)CC2)cc(C(F)(F)F)n1. The van der Waals surface area contributed by atoms with Crippen molar-refractivity contribution < 1.29 is 18.3 Å². The standard InChI is InChI=1S/C12H17F3N4O/c13-12(14,15)9-5-10(19-11(16)18-9)17-6-7-1-3-8(20)4-2-7/h5,7-8,20H,1-4,6H2,(H3,16,17,18,19). The third-order valence-corrected chi connectivity index (χ3v) is 3.42. The lowest BCUT2D eigenvalue weighted by Crippen LogP contribution is -2.24. The molecule has 8 heteroatoms. The van der Waals surface area contributed by atoms with Gasteiger partial charge in [0.15, 0.2) is 5.69 Å². The van der Waals surface area contributed by atoms with Crippen molar-refractivity contribution in [1.82, 2.24) is 9.97 Å². The number of nitrogen functional groups attached to an aromatic ring is 1. The first-order valence-corrected chi connectivity index (χ1v) is 6.48. The predicted molar refractivity (Wildman–Crippen MR) is 67.9 cm³/mol. The van der Waals surface area contributed by atoms with Gasteiger partial charge in [0.25, 0.3) is 0 Å². The molecule has 2 rings (SSSR count). The normalized spacial score (nSPS) is 23.6. The molecule has 0 aliphatic heterocycles. The quantitative estimate of drug-likeness (QED) is 0.793. The lowest BCUT2D eigenvalue weighted by Gasteiger charge is -2.25. The molecule has 0 atom stereocenters. The monoisotopic (exact) mass is 290 g/mol. The van der Waals surface area contributed by atoms with Crippen LogP contribution in [0.15, 0.2) is 6.07 Å². The Kier molecular flexibility index (Phi) is 4.32. The van der Waals surface area contributed by atoms with Gasteiger partial charge < -0.3 is 16.2 Å². The van der Waals surface area contributed by atoms with Crippen LogP contribution in [0.3, 0.4) is 0 Å². The molecule has 0 saturated heterocycles. The van der Waals surface area contributed by atoms with Gasteiger partial charge in [-0.05, 0) is 31.6 Å². The van der Waals surface area contributed by atoms with Gasteiger partial charge in [-0.3, -0.25) is 0 Å². The number of halogens is 3. The summed E-state index contributed by atoms with van der Waals surface area (Å²) in [5.74, 6) is 0.00117. The smallest absolute Gasteiger partial charge is 0.393 e. The molecule has 0 amide bonds. The van der Waals surface area contributed by atoms with Gasteiger partial charge >= 0.3 is 6.18 Å². The van der Waals surface area contributed by atoms with Crippen LogP contribution in [0.2, 0.25) is 0 Å². The first-order chi connectivity index (χ1) is 9.34. The molecule has 0 radical (unpaired) electrons. The Morgan fingerprint density at radius 3 is 2.50 bits per heavy atom. The Hall–Kier alpha value is -1.57. The lowest BCUT2D eigenvalue weighted by atomic mass is 9.87.